The summed E-state index contributed by atoms with van der Waals surface area (Å²) < 4.78 is 0. The van der Waals surface area contributed by atoms with E-state index in [0.29, 0.717) is 0 Å². The van der Waals surface area contributed by atoms with E-state index in [1.807, 2.05) is 0 Å². The summed E-state index contributed by atoms with van der Waals surface area (Å²) in [7, 11) is 0. The lowest BCUT2D eigenvalue weighted by Gasteiger charge is -2.25. The molecule has 2 N–H and O–H groups in total. The second-order valence-electron chi connectivity index (χ2n) is 8.91. The van der Waals surface area contributed by atoms with Crippen LogP contribution < -0.4 is 10.6 Å². The Hall–Kier alpha value is -1.06. The molecule has 4 nitrogen and oxygen atoms in total. The zero-order valence-electron chi connectivity index (χ0n) is 17.0. The lowest BCUT2D eigenvalue weighted by Crippen LogP contribution is -2.33. The van der Waals surface area contributed by atoms with E-state index in [1.54, 1.807) is 0 Å². The van der Waals surface area contributed by atoms with Gasteiger partial charge in [-0.15, -0.1) is 0 Å². The molecule has 150 valence electrons. The van der Waals surface area contributed by atoms with Crippen molar-refractivity contribution in [2.24, 2.45) is 23.7 Å². The van der Waals surface area contributed by atoms with Crippen molar-refractivity contribution in [3.63, 3.8) is 0 Å². The molecule has 0 spiro atoms. The van der Waals surface area contributed by atoms with Crippen LogP contribution in [0.15, 0.2) is 0 Å². The second-order valence-corrected chi connectivity index (χ2v) is 8.91. The van der Waals surface area contributed by atoms with Crippen molar-refractivity contribution in [2.75, 3.05) is 13.1 Å². The van der Waals surface area contributed by atoms with E-state index in [2.05, 4.69) is 24.5 Å². The van der Waals surface area contributed by atoms with E-state index in [4.69, 9.17) is 0 Å². The summed E-state index contributed by atoms with van der Waals surface area (Å²) in [5.74, 6) is 2.63. The third-order valence-electron chi connectivity index (χ3n) is 6.48. The van der Waals surface area contributed by atoms with Crippen molar-refractivity contribution in [3.8, 4) is 0 Å². The van der Waals surface area contributed by atoms with E-state index in [-0.39, 0.29) is 23.7 Å². The Morgan fingerprint density at radius 1 is 0.615 bits per heavy atom. The molecule has 4 heteroatoms. The second kappa shape index (κ2) is 11.6. The molecule has 2 aliphatic carbocycles. The van der Waals surface area contributed by atoms with E-state index in [1.165, 1.54) is 25.7 Å². The maximum atomic E-state index is 12.1. The van der Waals surface area contributed by atoms with Crippen molar-refractivity contribution < 1.29 is 9.59 Å². The number of nitrogens with one attached hydrogen (secondary N) is 2. The summed E-state index contributed by atoms with van der Waals surface area (Å²) in [5.41, 5.74) is 0. The molecular weight excluding hydrogens is 324 g/mol. The van der Waals surface area contributed by atoms with Crippen LogP contribution in [-0.4, -0.2) is 24.9 Å². The summed E-state index contributed by atoms with van der Waals surface area (Å²) in [6.07, 6.45) is 13.4. The summed E-state index contributed by atoms with van der Waals surface area (Å²) in [5, 5.41) is 6.23. The van der Waals surface area contributed by atoms with Crippen molar-refractivity contribution in [1.82, 2.24) is 10.6 Å². The number of carbonyl (C=O) groups excluding carboxylic acids is 2. The molecule has 0 heterocycles. The van der Waals surface area contributed by atoms with Crippen molar-refractivity contribution >= 4 is 11.8 Å². The summed E-state index contributed by atoms with van der Waals surface area (Å²) >= 11 is 0. The van der Waals surface area contributed by atoms with Gasteiger partial charge in [-0.1, -0.05) is 26.7 Å². The van der Waals surface area contributed by atoms with Crippen molar-refractivity contribution in [2.45, 2.75) is 90.9 Å². The largest absolute Gasteiger partial charge is 0.356 e. The molecule has 0 unspecified atom stereocenters. The van der Waals surface area contributed by atoms with Crippen LogP contribution in [0, 0.1) is 23.7 Å². The van der Waals surface area contributed by atoms with Gasteiger partial charge in [0.05, 0.1) is 0 Å². The number of hydrogen-bond acceptors (Lipinski definition) is 2. The summed E-state index contributed by atoms with van der Waals surface area (Å²) in [6.45, 7) is 6.17. The molecule has 2 amide bonds. The van der Waals surface area contributed by atoms with Crippen LogP contribution in [0.1, 0.15) is 90.9 Å². The van der Waals surface area contributed by atoms with Crippen LogP contribution in [0.5, 0.6) is 0 Å². The third-order valence-corrected chi connectivity index (χ3v) is 6.48. The smallest absolute Gasteiger partial charge is 0.223 e. The molecule has 0 aliphatic heterocycles. The molecule has 0 saturated heterocycles. The number of unbranched alkanes of at least 4 members (excludes halogenated alkanes) is 3. The fraction of sp³-hybridized carbons (Fsp3) is 0.909. The van der Waals surface area contributed by atoms with Crippen molar-refractivity contribution in [3.05, 3.63) is 0 Å². The molecule has 0 radical (unpaired) electrons. The highest BCUT2D eigenvalue weighted by atomic mass is 16.2. The fourth-order valence-electron chi connectivity index (χ4n) is 4.36. The standard InChI is InChI=1S/C22H40N2O2/c1-17-7-11-19(12-8-17)21(25)23-15-5-3-4-6-16-24-22(26)20-13-9-18(2)10-14-20/h17-20H,3-16H2,1-2H3,(H,23,25)(H,24,26). The van der Waals surface area contributed by atoms with Crippen LogP contribution >= 0.6 is 0 Å². The Bertz CT molecular complexity index is 382. The Morgan fingerprint density at radius 3 is 1.31 bits per heavy atom. The number of amides is 2. The first-order chi connectivity index (χ1) is 12.6. The molecular formula is C22H40N2O2. The molecule has 2 fully saturated rings. The normalized spacial score (nSPS) is 29.2. The van der Waals surface area contributed by atoms with Gasteiger partial charge in [0.15, 0.2) is 0 Å². The number of hydrogen-bond donors (Lipinski definition) is 2. The van der Waals surface area contributed by atoms with Crippen LogP contribution in [0.2, 0.25) is 0 Å². The van der Waals surface area contributed by atoms with E-state index < -0.39 is 0 Å². The Balaban J connectivity index is 1.41. The topological polar surface area (TPSA) is 58.2 Å². The van der Waals surface area contributed by atoms with Gasteiger partial charge in [-0.25, -0.2) is 0 Å². The molecule has 0 aromatic rings. The molecule has 0 bridgehead atoms. The number of rotatable bonds is 9. The minimum Gasteiger partial charge on any atom is -0.356 e. The fourth-order valence-corrected chi connectivity index (χ4v) is 4.36. The van der Waals surface area contributed by atoms with Crippen LogP contribution in [0.25, 0.3) is 0 Å². The van der Waals surface area contributed by atoms with Gasteiger partial charge in [0.1, 0.15) is 0 Å². The predicted octanol–water partition coefficient (Wildman–Crippen LogP) is 4.43. The van der Waals surface area contributed by atoms with Gasteiger partial charge < -0.3 is 10.6 Å². The van der Waals surface area contributed by atoms with Gasteiger partial charge in [-0.2, -0.15) is 0 Å². The summed E-state index contributed by atoms with van der Waals surface area (Å²) in [6, 6.07) is 0. The first-order valence-corrected chi connectivity index (χ1v) is 11.1. The van der Waals surface area contributed by atoms with Gasteiger partial charge in [0.2, 0.25) is 11.8 Å². The number of carbonyl (C=O) groups is 2. The van der Waals surface area contributed by atoms with Gasteiger partial charge in [-0.05, 0) is 76.0 Å². The third kappa shape index (κ3) is 7.67. The SMILES string of the molecule is CC1CCC(C(=O)NCCCCCCNC(=O)C2CCC(C)CC2)CC1. The Labute approximate surface area is 160 Å². The first kappa shape index (κ1) is 21.2. The van der Waals surface area contributed by atoms with Gasteiger partial charge in [0, 0.05) is 24.9 Å². The van der Waals surface area contributed by atoms with Gasteiger partial charge in [0.25, 0.3) is 0 Å². The highest BCUT2D eigenvalue weighted by Gasteiger charge is 2.24. The van der Waals surface area contributed by atoms with E-state index >= 15 is 0 Å². The highest BCUT2D eigenvalue weighted by molar-refractivity contribution is 5.79. The maximum absolute atomic E-state index is 12.1. The van der Waals surface area contributed by atoms with Crippen LogP contribution in [0.3, 0.4) is 0 Å². The Morgan fingerprint density at radius 2 is 0.962 bits per heavy atom. The average Bonchev–Trinajstić information content (AvgIpc) is 2.64. The van der Waals surface area contributed by atoms with Crippen LogP contribution in [0.4, 0.5) is 0 Å². The van der Waals surface area contributed by atoms with E-state index in [9.17, 15) is 9.59 Å². The molecule has 0 atom stereocenters. The lowest BCUT2D eigenvalue weighted by molar-refractivity contribution is -0.127. The zero-order valence-corrected chi connectivity index (χ0v) is 17.0. The van der Waals surface area contributed by atoms with Gasteiger partial charge >= 0.3 is 0 Å². The maximum Gasteiger partial charge on any atom is 0.223 e. The zero-order chi connectivity index (χ0) is 18.8. The molecule has 2 rings (SSSR count). The summed E-state index contributed by atoms with van der Waals surface area (Å²) in [4.78, 5) is 24.3. The molecule has 2 aliphatic rings. The average molecular weight is 365 g/mol. The van der Waals surface area contributed by atoms with Crippen LogP contribution in [-0.2, 0) is 9.59 Å². The molecule has 0 aromatic carbocycles. The minimum atomic E-state index is 0.254. The van der Waals surface area contributed by atoms with Gasteiger partial charge in [-0.3, -0.25) is 9.59 Å². The molecule has 0 aromatic heterocycles. The monoisotopic (exact) mass is 364 g/mol. The molecule has 26 heavy (non-hydrogen) atoms. The van der Waals surface area contributed by atoms with E-state index in [0.717, 1.165) is 76.3 Å². The minimum absolute atomic E-state index is 0.254. The molecule has 2 saturated carbocycles. The Kier molecular flexibility index (Phi) is 9.49. The predicted molar refractivity (Wildman–Crippen MR) is 107 cm³/mol. The van der Waals surface area contributed by atoms with Crippen molar-refractivity contribution in [1.29, 1.82) is 0 Å². The first-order valence-electron chi connectivity index (χ1n) is 11.1. The highest BCUT2D eigenvalue weighted by Crippen LogP contribution is 2.29. The quantitative estimate of drug-likeness (QED) is 0.595. The lowest BCUT2D eigenvalue weighted by atomic mass is 9.82.